The normalized spacial score (nSPS) is 15.4. The first-order chi connectivity index (χ1) is 14.1. The molecular weight excluding hydrogens is 360 g/mol. The van der Waals surface area contributed by atoms with Gasteiger partial charge in [-0.2, -0.15) is 0 Å². The van der Waals surface area contributed by atoms with Crippen LogP contribution in [0.15, 0.2) is 91.0 Å². The van der Waals surface area contributed by atoms with E-state index >= 15 is 0 Å². The van der Waals surface area contributed by atoms with Crippen LogP contribution in [0, 0.1) is 0 Å². The van der Waals surface area contributed by atoms with Crippen molar-refractivity contribution in [3.05, 3.63) is 108 Å². The van der Waals surface area contributed by atoms with Gasteiger partial charge in [0.1, 0.15) is 0 Å². The molecule has 0 fully saturated rings. The molecule has 3 rings (SSSR count). The summed E-state index contributed by atoms with van der Waals surface area (Å²) in [7, 11) is 0. The molecule has 0 amide bonds. The fraction of sp³-hybridized carbons (Fsp3) is 0.280. The SMILES string of the molecule is NC(Cc1ccccc1)C(O)C(O)C(Cc1ccccc1)NCc1ccccc1. The van der Waals surface area contributed by atoms with E-state index in [2.05, 4.69) is 5.32 Å². The van der Waals surface area contributed by atoms with Gasteiger partial charge in [-0.3, -0.25) is 0 Å². The zero-order chi connectivity index (χ0) is 20.5. The highest BCUT2D eigenvalue weighted by Gasteiger charge is 2.30. The summed E-state index contributed by atoms with van der Waals surface area (Å²) in [6.45, 7) is 0.607. The molecule has 3 aromatic carbocycles. The zero-order valence-corrected chi connectivity index (χ0v) is 16.6. The van der Waals surface area contributed by atoms with Crippen molar-refractivity contribution >= 4 is 0 Å². The Balaban J connectivity index is 1.68. The third-order valence-electron chi connectivity index (χ3n) is 5.22. The van der Waals surface area contributed by atoms with Gasteiger partial charge in [-0.15, -0.1) is 0 Å². The Morgan fingerprint density at radius 1 is 0.621 bits per heavy atom. The van der Waals surface area contributed by atoms with Crippen LogP contribution in [0.3, 0.4) is 0 Å². The number of hydrogen-bond donors (Lipinski definition) is 4. The van der Waals surface area contributed by atoms with Gasteiger partial charge in [0.2, 0.25) is 0 Å². The van der Waals surface area contributed by atoms with Crippen molar-refractivity contribution in [1.29, 1.82) is 0 Å². The predicted octanol–water partition coefficient (Wildman–Crippen LogP) is 2.68. The molecule has 4 atom stereocenters. The minimum Gasteiger partial charge on any atom is -0.389 e. The average molecular weight is 391 g/mol. The Morgan fingerprint density at radius 3 is 1.59 bits per heavy atom. The van der Waals surface area contributed by atoms with Crippen molar-refractivity contribution in [2.24, 2.45) is 5.73 Å². The monoisotopic (exact) mass is 390 g/mol. The quantitative estimate of drug-likeness (QED) is 0.429. The van der Waals surface area contributed by atoms with Gasteiger partial charge in [-0.05, 0) is 29.5 Å². The summed E-state index contributed by atoms with van der Waals surface area (Å²) in [6.07, 6.45) is -0.912. The number of nitrogens with one attached hydrogen (secondary N) is 1. The summed E-state index contributed by atoms with van der Waals surface area (Å²) in [5, 5.41) is 25.2. The standard InChI is InChI=1S/C25H30N2O2/c26-22(16-19-10-4-1-5-11-19)24(28)25(29)23(17-20-12-6-2-7-13-20)27-18-21-14-8-3-9-15-21/h1-15,22-25,27-29H,16-18,26H2. The van der Waals surface area contributed by atoms with Crippen molar-refractivity contribution < 1.29 is 10.2 Å². The van der Waals surface area contributed by atoms with E-state index in [1.807, 2.05) is 91.0 Å². The van der Waals surface area contributed by atoms with Gasteiger partial charge in [0.15, 0.2) is 0 Å². The Bertz CT molecular complexity index is 827. The summed E-state index contributed by atoms with van der Waals surface area (Å²) in [5.41, 5.74) is 9.52. The lowest BCUT2D eigenvalue weighted by molar-refractivity contribution is -0.0175. The molecule has 0 aliphatic carbocycles. The van der Waals surface area contributed by atoms with Gasteiger partial charge in [0, 0.05) is 18.6 Å². The van der Waals surface area contributed by atoms with Crippen LogP contribution in [0.5, 0.6) is 0 Å². The van der Waals surface area contributed by atoms with E-state index in [1.165, 1.54) is 0 Å². The minimum absolute atomic E-state index is 0.325. The van der Waals surface area contributed by atoms with Crippen molar-refractivity contribution in [3.63, 3.8) is 0 Å². The molecule has 0 saturated heterocycles. The first kappa shape index (κ1) is 21.2. The summed E-state index contributed by atoms with van der Waals surface area (Å²) >= 11 is 0. The Kier molecular flexibility index (Phi) is 7.96. The minimum atomic E-state index is -1.04. The molecule has 3 aromatic rings. The van der Waals surface area contributed by atoms with Crippen LogP contribution in [0.2, 0.25) is 0 Å². The molecule has 0 aliphatic rings. The number of rotatable bonds is 10. The van der Waals surface area contributed by atoms with E-state index in [9.17, 15) is 10.2 Å². The number of benzene rings is 3. The van der Waals surface area contributed by atoms with Gasteiger partial charge in [0.25, 0.3) is 0 Å². The van der Waals surface area contributed by atoms with Crippen molar-refractivity contribution in [2.75, 3.05) is 0 Å². The molecule has 0 spiro atoms. The predicted molar refractivity (Wildman–Crippen MR) is 117 cm³/mol. The highest BCUT2D eigenvalue weighted by molar-refractivity contribution is 5.19. The maximum atomic E-state index is 11.0. The molecule has 0 bridgehead atoms. The fourth-order valence-corrected chi connectivity index (χ4v) is 3.52. The van der Waals surface area contributed by atoms with Crippen LogP contribution in [-0.2, 0) is 19.4 Å². The lowest BCUT2D eigenvalue weighted by atomic mass is 9.91. The number of aliphatic hydroxyl groups excluding tert-OH is 2. The number of hydrogen-bond acceptors (Lipinski definition) is 4. The lowest BCUT2D eigenvalue weighted by Crippen LogP contribution is -2.54. The van der Waals surface area contributed by atoms with E-state index in [0.29, 0.717) is 19.4 Å². The number of aliphatic hydroxyl groups is 2. The summed E-state index contributed by atoms with van der Waals surface area (Å²) in [5.74, 6) is 0. The molecule has 0 radical (unpaired) electrons. The summed E-state index contributed by atoms with van der Waals surface area (Å²) in [6, 6.07) is 29.0. The largest absolute Gasteiger partial charge is 0.389 e. The van der Waals surface area contributed by atoms with Gasteiger partial charge in [-0.1, -0.05) is 91.0 Å². The highest BCUT2D eigenvalue weighted by Crippen LogP contribution is 2.14. The van der Waals surface area contributed by atoms with E-state index in [4.69, 9.17) is 5.73 Å². The van der Waals surface area contributed by atoms with Crippen LogP contribution in [0.1, 0.15) is 16.7 Å². The van der Waals surface area contributed by atoms with Crippen LogP contribution >= 0.6 is 0 Å². The molecule has 0 saturated carbocycles. The molecule has 0 aliphatic heterocycles. The van der Waals surface area contributed by atoms with Crippen molar-refractivity contribution in [3.8, 4) is 0 Å². The molecule has 152 valence electrons. The maximum Gasteiger partial charge on any atom is 0.0970 e. The van der Waals surface area contributed by atoms with E-state index in [0.717, 1.165) is 16.7 Å². The average Bonchev–Trinajstić information content (AvgIpc) is 2.77. The zero-order valence-electron chi connectivity index (χ0n) is 16.6. The Hall–Kier alpha value is -2.50. The van der Waals surface area contributed by atoms with E-state index in [1.54, 1.807) is 0 Å². The molecule has 29 heavy (non-hydrogen) atoms. The van der Waals surface area contributed by atoms with E-state index in [-0.39, 0.29) is 6.04 Å². The van der Waals surface area contributed by atoms with Gasteiger partial charge in [-0.25, -0.2) is 0 Å². The van der Waals surface area contributed by atoms with Crippen LogP contribution in [0.25, 0.3) is 0 Å². The molecule has 0 heterocycles. The van der Waals surface area contributed by atoms with Crippen molar-refractivity contribution in [1.82, 2.24) is 5.32 Å². The van der Waals surface area contributed by atoms with Crippen molar-refractivity contribution in [2.45, 2.75) is 43.7 Å². The second kappa shape index (κ2) is 10.9. The first-order valence-corrected chi connectivity index (χ1v) is 10.1. The smallest absolute Gasteiger partial charge is 0.0970 e. The summed E-state index contributed by atoms with van der Waals surface area (Å²) < 4.78 is 0. The van der Waals surface area contributed by atoms with Crippen LogP contribution < -0.4 is 11.1 Å². The second-order valence-electron chi connectivity index (χ2n) is 7.50. The molecule has 4 unspecified atom stereocenters. The van der Waals surface area contributed by atoms with Gasteiger partial charge < -0.3 is 21.3 Å². The van der Waals surface area contributed by atoms with Crippen LogP contribution in [0.4, 0.5) is 0 Å². The van der Waals surface area contributed by atoms with E-state index < -0.39 is 18.2 Å². The fourth-order valence-electron chi connectivity index (χ4n) is 3.52. The van der Waals surface area contributed by atoms with Crippen LogP contribution in [-0.4, -0.2) is 34.5 Å². The molecule has 4 nitrogen and oxygen atoms in total. The van der Waals surface area contributed by atoms with Gasteiger partial charge in [0.05, 0.1) is 12.2 Å². The molecule has 0 aromatic heterocycles. The topological polar surface area (TPSA) is 78.5 Å². The molecule has 5 N–H and O–H groups in total. The molecular formula is C25H30N2O2. The first-order valence-electron chi connectivity index (χ1n) is 10.1. The third kappa shape index (κ3) is 6.51. The lowest BCUT2D eigenvalue weighted by Gasteiger charge is -2.31. The Morgan fingerprint density at radius 2 is 1.07 bits per heavy atom. The molecule has 4 heteroatoms. The summed E-state index contributed by atoms with van der Waals surface area (Å²) in [4.78, 5) is 0. The second-order valence-corrected chi connectivity index (χ2v) is 7.50. The Labute approximate surface area is 173 Å². The number of nitrogens with two attached hydrogens (primary N) is 1. The maximum absolute atomic E-state index is 11.0. The third-order valence-corrected chi connectivity index (χ3v) is 5.22. The van der Waals surface area contributed by atoms with Gasteiger partial charge >= 0.3 is 0 Å². The highest BCUT2D eigenvalue weighted by atomic mass is 16.3.